The Morgan fingerprint density at radius 2 is 1.72 bits per heavy atom. The molecule has 3 aromatic rings. The van der Waals surface area contributed by atoms with Crippen LogP contribution in [0.4, 0.5) is 11.8 Å². The van der Waals surface area contributed by atoms with Crippen LogP contribution in [0.3, 0.4) is 0 Å². The van der Waals surface area contributed by atoms with Crippen LogP contribution in [0.25, 0.3) is 10.2 Å². The SMILES string of the molecule is O=C(c1nc2ccccc2s1)N1CCN(c2ccnc(N3CCOCC3)n2)CC1. The zero-order valence-electron chi connectivity index (χ0n) is 16.0. The van der Waals surface area contributed by atoms with Gasteiger partial charge in [0.15, 0.2) is 5.01 Å². The van der Waals surface area contributed by atoms with Crippen molar-refractivity contribution in [1.82, 2.24) is 19.9 Å². The van der Waals surface area contributed by atoms with Gasteiger partial charge in [0.2, 0.25) is 5.95 Å². The smallest absolute Gasteiger partial charge is 0.282 e. The Bertz CT molecular complexity index is 978. The molecule has 150 valence electrons. The number of hydrogen-bond acceptors (Lipinski definition) is 8. The summed E-state index contributed by atoms with van der Waals surface area (Å²) in [4.78, 5) is 32.8. The van der Waals surface area contributed by atoms with Crippen LogP contribution in [0.15, 0.2) is 36.5 Å². The number of aromatic nitrogens is 3. The summed E-state index contributed by atoms with van der Waals surface area (Å²) in [6.07, 6.45) is 1.81. The number of anilines is 2. The van der Waals surface area contributed by atoms with Crippen LogP contribution in [0.1, 0.15) is 9.80 Å². The third-order valence-corrected chi connectivity index (χ3v) is 6.31. The topological polar surface area (TPSA) is 74.7 Å². The Labute approximate surface area is 172 Å². The second-order valence-corrected chi connectivity index (χ2v) is 8.11. The van der Waals surface area contributed by atoms with Crippen LogP contribution in [-0.4, -0.2) is 78.2 Å². The average molecular weight is 411 g/mol. The quantitative estimate of drug-likeness (QED) is 0.653. The summed E-state index contributed by atoms with van der Waals surface area (Å²) in [5, 5.41) is 0.566. The molecule has 1 aromatic carbocycles. The van der Waals surface area contributed by atoms with E-state index in [1.165, 1.54) is 11.3 Å². The molecule has 0 N–H and O–H groups in total. The van der Waals surface area contributed by atoms with Gasteiger partial charge in [-0.2, -0.15) is 4.98 Å². The number of morpholine rings is 1. The van der Waals surface area contributed by atoms with E-state index >= 15 is 0 Å². The minimum Gasteiger partial charge on any atom is -0.378 e. The Morgan fingerprint density at radius 1 is 0.931 bits per heavy atom. The molecule has 0 radical (unpaired) electrons. The molecule has 0 aliphatic carbocycles. The first kappa shape index (κ1) is 18.3. The van der Waals surface area contributed by atoms with Gasteiger partial charge in [0, 0.05) is 45.5 Å². The van der Waals surface area contributed by atoms with Gasteiger partial charge < -0.3 is 19.4 Å². The summed E-state index contributed by atoms with van der Waals surface area (Å²) in [5.41, 5.74) is 0.885. The molecule has 9 heteroatoms. The van der Waals surface area contributed by atoms with E-state index in [9.17, 15) is 4.79 Å². The normalized spacial score (nSPS) is 17.7. The van der Waals surface area contributed by atoms with Crippen molar-refractivity contribution >= 4 is 39.2 Å². The highest BCUT2D eigenvalue weighted by atomic mass is 32.1. The van der Waals surface area contributed by atoms with Crippen molar-refractivity contribution in [1.29, 1.82) is 0 Å². The van der Waals surface area contributed by atoms with Crippen molar-refractivity contribution in [3.63, 3.8) is 0 Å². The zero-order chi connectivity index (χ0) is 19.6. The predicted molar refractivity (Wildman–Crippen MR) is 113 cm³/mol. The number of fused-ring (bicyclic) bond motifs is 1. The van der Waals surface area contributed by atoms with Gasteiger partial charge >= 0.3 is 0 Å². The molecule has 29 heavy (non-hydrogen) atoms. The van der Waals surface area contributed by atoms with Crippen LogP contribution in [0.5, 0.6) is 0 Å². The van der Waals surface area contributed by atoms with Crippen LogP contribution in [0, 0.1) is 0 Å². The molecule has 0 saturated carbocycles. The number of carbonyl (C=O) groups is 1. The lowest BCUT2D eigenvalue weighted by molar-refractivity contribution is 0.0746. The van der Waals surface area contributed by atoms with Crippen LogP contribution >= 0.6 is 11.3 Å². The number of para-hydroxylation sites is 1. The lowest BCUT2D eigenvalue weighted by atomic mass is 10.3. The molecule has 5 rings (SSSR count). The van der Waals surface area contributed by atoms with Gasteiger partial charge in [-0.1, -0.05) is 12.1 Å². The number of ether oxygens (including phenoxy) is 1. The summed E-state index contributed by atoms with van der Waals surface area (Å²) in [5.74, 6) is 1.68. The van der Waals surface area contributed by atoms with E-state index in [0.29, 0.717) is 31.3 Å². The van der Waals surface area contributed by atoms with Crippen LogP contribution < -0.4 is 9.80 Å². The molecule has 0 spiro atoms. The summed E-state index contributed by atoms with van der Waals surface area (Å²) >= 11 is 1.46. The lowest BCUT2D eigenvalue weighted by Gasteiger charge is -2.35. The van der Waals surface area contributed by atoms with Crippen molar-refractivity contribution in [3.05, 3.63) is 41.5 Å². The number of thiazole rings is 1. The van der Waals surface area contributed by atoms with Crippen molar-refractivity contribution in [2.24, 2.45) is 0 Å². The Balaban J connectivity index is 1.25. The molecule has 1 amide bonds. The molecule has 0 bridgehead atoms. The highest BCUT2D eigenvalue weighted by Gasteiger charge is 2.25. The van der Waals surface area contributed by atoms with Crippen molar-refractivity contribution in [2.45, 2.75) is 0 Å². The first-order valence-electron chi connectivity index (χ1n) is 9.83. The summed E-state index contributed by atoms with van der Waals surface area (Å²) < 4.78 is 6.46. The zero-order valence-corrected chi connectivity index (χ0v) is 16.8. The monoisotopic (exact) mass is 410 g/mol. The summed E-state index contributed by atoms with van der Waals surface area (Å²) in [7, 11) is 0. The molecule has 4 heterocycles. The van der Waals surface area contributed by atoms with Crippen molar-refractivity contribution in [3.8, 4) is 0 Å². The molecule has 2 fully saturated rings. The molecule has 2 aliphatic rings. The number of carbonyl (C=O) groups excluding carboxylic acids is 1. The molecular weight excluding hydrogens is 388 g/mol. The minimum absolute atomic E-state index is 0.0162. The molecule has 2 aromatic heterocycles. The Kier molecular flexibility index (Phi) is 4.99. The van der Waals surface area contributed by atoms with E-state index in [0.717, 1.165) is 48.2 Å². The number of piperazine rings is 1. The highest BCUT2D eigenvalue weighted by Crippen LogP contribution is 2.24. The van der Waals surface area contributed by atoms with E-state index in [-0.39, 0.29) is 5.91 Å². The van der Waals surface area contributed by atoms with Crippen LogP contribution in [0.2, 0.25) is 0 Å². The fourth-order valence-corrected chi connectivity index (χ4v) is 4.60. The second-order valence-electron chi connectivity index (χ2n) is 7.08. The van der Waals surface area contributed by atoms with Gasteiger partial charge in [-0.15, -0.1) is 11.3 Å². The van der Waals surface area contributed by atoms with E-state index in [1.807, 2.05) is 41.4 Å². The van der Waals surface area contributed by atoms with Crippen molar-refractivity contribution < 1.29 is 9.53 Å². The largest absolute Gasteiger partial charge is 0.378 e. The standard InChI is InChI=1S/C20H22N6O2S/c27-19(18-22-15-3-1-2-4-16(15)29-18)25-9-7-24(8-10-25)17-5-6-21-20(23-17)26-11-13-28-14-12-26/h1-6H,7-14H2. The maximum absolute atomic E-state index is 12.9. The molecule has 2 aliphatic heterocycles. The van der Waals surface area contributed by atoms with E-state index in [4.69, 9.17) is 9.72 Å². The van der Waals surface area contributed by atoms with Gasteiger partial charge in [-0.05, 0) is 18.2 Å². The molecule has 8 nitrogen and oxygen atoms in total. The average Bonchev–Trinajstić information content (AvgIpc) is 3.24. The maximum Gasteiger partial charge on any atom is 0.282 e. The number of benzene rings is 1. The van der Waals surface area contributed by atoms with Gasteiger partial charge in [-0.3, -0.25) is 4.79 Å². The first-order valence-corrected chi connectivity index (χ1v) is 10.6. The van der Waals surface area contributed by atoms with Gasteiger partial charge in [0.05, 0.1) is 23.4 Å². The predicted octanol–water partition coefficient (Wildman–Crippen LogP) is 1.89. The first-order chi connectivity index (χ1) is 14.3. The molecule has 0 unspecified atom stereocenters. The number of amides is 1. The van der Waals surface area contributed by atoms with Crippen LogP contribution in [-0.2, 0) is 4.74 Å². The van der Waals surface area contributed by atoms with Crippen molar-refractivity contribution in [2.75, 3.05) is 62.3 Å². The highest BCUT2D eigenvalue weighted by molar-refractivity contribution is 7.20. The fourth-order valence-electron chi connectivity index (χ4n) is 3.67. The lowest BCUT2D eigenvalue weighted by Crippen LogP contribution is -2.49. The van der Waals surface area contributed by atoms with E-state index in [1.54, 1.807) is 0 Å². The minimum atomic E-state index is 0.0162. The second kappa shape index (κ2) is 7.92. The van der Waals surface area contributed by atoms with Gasteiger partial charge in [0.25, 0.3) is 5.91 Å². The Hall–Kier alpha value is -2.78. The third kappa shape index (κ3) is 3.75. The number of rotatable bonds is 3. The maximum atomic E-state index is 12.9. The fraction of sp³-hybridized carbons (Fsp3) is 0.400. The number of nitrogens with zero attached hydrogens (tertiary/aromatic N) is 6. The number of hydrogen-bond donors (Lipinski definition) is 0. The molecule has 0 atom stereocenters. The molecule has 2 saturated heterocycles. The third-order valence-electron chi connectivity index (χ3n) is 5.29. The van der Waals surface area contributed by atoms with Gasteiger partial charge in [0.1, 0.15) is 5.82 Å². The Morgan fingerprint density at radius 3 is 2.52 bits per heavy atom. The van der Waals surface area contributed by atoms with E-state index < -0.39 is 0 Å². The van der Waals surface area contributed by atoms with E-state index in [2.05, 4.69) is 19.8 Å². The van der Waals surface area contributed by atoms with Gasteiger partial charge in [-0.25, -0.2) is 9.97 Å². The summed E-state index contributed by atoms with van der Waals surface area (Å²) in [6, 6.07) is 9.81. The molecular formula is C20H22N6O2S. The summed E-state index contributed by atoms with van der Waals surface area (Å²) in [6.45, 7) is 5.85.